The number of ketones is 2. The maximum absolute atomic E-state index is 11.1. The maximum atomic E-state index is 11.1. The van der Waals surface area contributed by atoms with E-state index in [2.05, 4.69) is 0 Å². The first-order valence-corrected chi connectivity index (χ1v) is 4.85. The van der Waals surface area contributed by atoms with Crippen LogP contribution in [0.3, 0.4) is 0 Å². The predicted molar refractivity (Wildman–Crippen MR) is 53.6 cm³/mol. The average Bonchev–Trinajstić information content (AvgIpc) is 2.12. The molecule has 0 aliphatic rings. The highest BCUT2D eigenvalue weighted by Gasteiger charge is 2.06. The van der Waals surface area contributed by atoms with Gasteiger partial charge in [0, 0.05) is 12.8 Å². The van der Waals surface area contributed by atoms with Crippen LogP contribution in [-0.4, -0.2) is 11.6 Å². The molecule has 0 atom stereocenters. The van der Waals surface area contributed by atoms with Gasteiger partial charge in [-0.05, 0) is 19.8 Å². The normalized spacial score (nSPS) is 10.6. The lowest BCUT2D eigenvalue weighted by Crippen LogP contribution is -2.05. The van der Waals surface area contributed by atoms with E-state index in [-0.39, 0.29) is 18.0 Å². The zero-order valence-electron chi connectivity index (χ0n) is 8.51. The molecule has 13 heavy (non-hydrogen) atoms. The Morgan fingerprint density at radius 2 is 1.92 bits per heavy atom. The molecular formula is C11H18O2. The van der Waals surface area contributed by atoms with Gasteiger partial charge in [-0.1, -0.05) is 19.1 Å². The highest BCUT2D eigenvalue weighted by molar-refractivity contribution is 5.98. The van der Waals surface area contributed by atoms with Crippen molar-refractivity contribution in [1.82, 2.24) is 0 Å². The molecule has 0 radical (unpaired) electrons. The van der Waals surface area contributed by atoms with Gasteiger partial charge in [-0.15, -0.1) is 0 Å². The summed E-state index contributed by atoms with van der Waals surface area (Å²) in [6, 6.07) is 0. The van der Waals surface area contributed by atoms with E-state index in [9.17, 15) is 9.59 Å². The van der Waals surface area contributed by atoms with Crippen molar-refractivity contribution in [3.05, 3.63) is 12.2 Å². The fourth-order valence-electron chi connectivity index (χ4n) is 1.02. The van der Waals surface area contributed by atoms with E-state index in [0.717, 1.165) is 12.8 Å². The van der Waals surface area contributed by atoms with Gasteiger partial charge < -0.3 is 0 Å². The van der Waals surface area contributed by atoms with Crippen LogP contribution in [0.1, 0.15) is 46.0 Å². The highest BCUT2D eigenvalue weighted by atomic mass is 16.1. The summed E-state index contributed by atoms with van der Waals surface area (Å²) in [5, 5.41) is 0. The van der Waals surface area contributed by atoms with E-state index in [4.69, 9.17) is 0 Å². The number of hydrogen-bond donors (Lipinski definition) is 0. The van der Waals surface area contributed by atoms with Crippen LogP contribution in [0.25, 0.3) is 0 Å². The summed E-state index contributed by atoms with van der Waals surface area (Å²) >= 11 is 0. The Labute approximate surface area is 80.0 Å². The van der Waals surface area contributed by atoms with E-state index in [1.807, 2.05) is 19.1 Å². The highest BCUT2D eigenvalue weighted by Crippen LogP contribution is 2.01. The van der Waals surface area contributed by atoms with Gasteiger partial charge >= 0.3 is 0 Å². The van der Waals surface area contributed by atoms with Crippen molar-refractivity contribution in [2.24, 2.45) is 0 Å². The maximum Gasteiger partial charge on any atom is 0.140 e. The Kier molecular flexibility index (Phi) is 7.17. The quantitative estimate of drug-likeness (QED) is 0.344. The molecule has 0 spiro atoms. The molecule has 0 unspecified atom stereocenters. The van der Waals surface area contributed by atoms with Crippen LogP contribution in [0.15, 0.2) is 12.2 Å². The summed E-state index contributed by atoms with van der Waals surface area (Å²) in [6.07, 6.45) is 6.95. The third-order valence-electron chi connectivity index (χ3n) is 1.85. The Bertz CT molecular complexity index is 192. The second kappa shape index (κ2) is 7.71. The van der Waals surface area contributed by atoms with Gasteiger partial charge in [0.2, 0.25) is 0 Å². The van der Waals surface area contributed by atoms with Gasteiger partial charge in [-0.3, -0.25) is 9.59 Å². The molecule has 0 aliphatic heterocycles. The number of hydrogen-bond acceptors (Lipinski definition) is 2. The summed E-state index contributed by atoms with van der Waals surface area (Å²) in [5.41, 5.74) is 0. The molecule has 0 aromatic carbocycles. The molecule has 2 nitrogen and oxygen atoms in total. The summed E-state index contributed by atoms with van der Waals surface area (Å²) in [5.74, 6) is 0.132. The molecular weight excluding hydrogens is 164 g/mol. The number of rotatable bonds is 7. The topological polar surface area (TPSA) is 34.1 Å². The first-order chi connectivity index (χ1) is 6.20. The average molecular weight is 182 g/mol. The van der Waals surface area contributed by atoms with E-state index >= 15 is 0 Å². The van der Waals surface area contributed by atoms with Crippen molar-refractivity contribution in [2.75, 3.05) is 0 Å². The second-order valence-electron chi connectivity index (χ2n) is 3.07. The molecule has 74 valence electrons. The summed E-state index contributed by atoms with van der Waals surface area (Å²) in [4.78, 5) is 22.0. The van der Waals surface area contributed by atoms with Crippen molar-refractivity contribution in [1.29, 1.82) is 0 Å². The van der Waals surface area contributed by atoms with Crippen molar-refractivity contribution >= 4 is 11.6 Å². The summed E-state index contributed by atoms with van der Waals surface area (Å²) < 4.78 is 0. The standard InChI is InChI=1S/C11H18O2/c1-3-5-6-7-8-11(13)9-10(12)4-2/h3,5H,4,6-9H2,1-2H3/b5-3+. The second-order valence-corrected chi connectivity index (χ2v) is 3.07. The van der Waals surface area contributed by atoms with Crippen molar-refractivity contribution in [3.8, 4) is 0 Å². The Hall–Kier alpha value is -0.920. The fraction of sp³-hybridized carbons (Fsp3) is 0.636. The molecule has 0 saturated carbocycles. The zero-order chi connectivity index (χ0) is 10.1. The van der Waals surface area contributed by atoms with Crippen molar-refractivity contribution in [3.63, 3.8) is 0 Å². The molecule has 0 fully saturated rings. The number of unbranched alkanes of at least 4 members (excludes halogenated alkanes) is 1. The van der Waals surface area contributed by atoms with Gasteiger partial charge in [0.1, 0.15) is 11.6 Å². The van der Waals surface area contributed by atoms with Crippen LogP contribution >= 0.6 is 0 Å². The third-order valence-corrected chi connectivity index (χ3v) is 1.85. The minimum atomic E-state index is 0.0519. The largest absolute Gasteiger partial charge is 0.299 e. The van der Waals surface area contributed by atoms with Crippen molar-refractivity contribution < 1.29 is 9.59 Å². The summed E-state index contributed by atoms with van der Waals surface area (Å²) in [7, 11) is 0. The number of Topliss-reactive ketones (excluding diaryl/α,β-unsaturated/α-hetero) is 2. The first-order valence-electron chi connectivity index (χ1n) is 4.85. The van der Waals surface area contributed by atoms with Gasteiger partial charge in [-0.25, -0.2) is 0 Å². The SMILES string of the molecule is C/C=C/CCCC(=O)CC(=O)CC. The Morgan fingerprint density at radius 1 is 1.23 bits per heavy atom. The minimum Gasteiger partial charge on any atom is -0.299 e. The first kappa shape index (κ1) is 12.1. The van der Waals surface area contributed by atoms with Gasteiger partial charge in [0.05, 0.1) is 6.42 Å². The molecule has 0 heterocycles. The molecule has 2 heteroatoms. The molecule has 0 amide bonds. The molecule has 0 aromatic heterocycles. The monoisotopic (exact) mass is 182 g/mol. The summed E-state index contributed by atoms with van der Waals surface area (Å²) in [6.45, 7) is 3.75. The smallest absolute Gasteiger partial charge is 0.140 e. The lowest BCUT2D eigenvalue weighted by molar-refractivity contribution is -0.126. The lowest BCUT2D eigenvalue weighted by Gasteiger charge is -1.96. The lowest BCUT2D eigenvalue weighted by atomic mass is 10.1. The predicted octanol–water partition coefficient (Wildman–Crippen LogP) is 2.67. The molecule has 0 bridgehead atoms. The van der Waals surface area contributed by atoms with Crippen LogP contribution in [0.5, 0.6) is 0 Å². The molecule has 0 rings (SSSR count). The number of carbonyl (C=O) groups excluding carboxylic acids is 2. The van der Waals surface area contributed by atoms with Gasteiger partial charge in [0.15, 0.2) is 0 Å². The molecule has 0 aromatic rings. The van der Waals surface area contributed by atoms with Gasteiger partial charge in [-0.2, -0.15) is 0 Å². The third kappa shape index (κ3) is 7.44. The Balaban J connectivity index is 3.46. The van der Waals surface area contributed by atoms with Crippen LogP contribution < -0.4 is 0 Å². The van der Waals surface area contributed by atoms with Crippen LogP contribution in [0, 0.1) is 0 Å². The van der Waals surface area contributed by atoms with E-state index in [0.29, 0.717) is 12.8 Å². The van der Waals surface area contributed by atoms with Crippen molar-refractivity contribution in [2.45, 2.75) is 46.0 Å². The van der Waals surface area contributed by atoms with E-state index in [1.54, 1.807) is 6.92 Å². The zero-order valence-corrected chi connectivity index (χ0v) is 8.51. The minimum absolute atomic E-state index is 0.0519. The number of allylic oxidation sites excluding steroid dienone is 2. The van der Waals surface area contributed by atoms with Crippen LogP contribution in [0.4, 0.5) is 0 Å². The molecule has 0 saturated heterocycles. The van der Waals surface area contributed by atoms with E-state index < -0.39 is 0 Å². The fourth-order valence-corrected chi connectivity index (χ4v) is 1.02. The molecule has 0 N–H and O–H groups in total. The van der Waals surface area contributed by atoms with Crippen LogP contribution in [-0.2, 0) is 9.59 Å². The Morgan fingerprint density at radius 3 is 2.46 bits per heavy atom. The van der Waals surface area contributed by atoms with Crippen LogP contribution in [0.2, 0.25) is 0 Å². The van der Waals surface area contributed by atoms with E-state index in [1.165, 1.54) is 0 Å². The molecule has 0 aliphatic carbocycles. The number of carbonyl (C=O) groups is 2. The van der Waals surface area contributed by atoms with Gasteiger partial charge in [0.25, 0.3) is 0 Å².